The molecule has 1 radical (unpaired) electrons. The van der Waals surface area contributed by atoms with Gasteiger partial charge in [-0.1, -0.05) is 81.1 Å². The molecule has 4 aromatic heterocycles. The van der Waals surface area contributed by atoms with Crippen molar-refractivity contribution in [1.29, 1.82) is 0 Å². The molecule has 0 N–H and O–H groups in total. The van der Waals surface area contributed by atoms with Crippen molar-refractivity contribution in [3.63, 3.8) is 0 Å². The maximum Gasteiger partial charge on any atom is 0 e. The SMILES string of the molecule is Cc1ccc2c(n1)oc1c(-c3nc4ccccc4n3-c3c(C(C)C)cc(-c4ccccc4)cc3C(C)C)[c-]ccc12.[2H]C([2H])(c1cc(-c2[c-]ccc(C(C)(C)C)c2)nc[c]1[Ge]([CH3])([CH3])[CH3])C(C)C.[Ir]. The van der Waals surface area contributed by atoms with Crippen LogP contribution in [0.5, 0.6) is 0 Å². The summed E-state index contributed by atoms with van der Waals surface area (Å²) in [5.41, 5.74) is 15.2. The largest absolute Gasteiger partial charge is 0 e. The topological polar surface area (TPSA) is 56.7 Å². The van der Waals surface area contributed by atoms with E-state index in [1.165, 1.54) is 33.5 Å². The summed E-state index contributed by atoms with van der Waals surface area (Å²) in [6.45, 7) is 21.6. The van der Waals surface area contributed by atoms with Crippen molar-refractivity contribution in [2.45, 2.75) is 110 Å². The molecular formula is C59H64GeIrN4O-2. The molecule has 9 rings (SSSR count). The van der Waals surface area contributed by atoms with Gasteiger partial charge >= 0.3 is 154 Å². The molecule has 66 heavy (non-hydrogen) atoms. The zero-order valence-corrected chi connectivity index (χ0v) is 45.3. The van der Waals surface area contributed by atoms with E-state index in [-0.39, 0.29) is 31.4 Å². The van der Waals surface area contributed by atoms with Gasteiger partial charge < -0.3 is 8.98 Å². The molecule has 0 atom stereocenters. The molecule has 5 aromatic carbocycles. The molecule has 0 aliphatic carbocycles. The molecule has 0 amide bonds. The first-order valence-corrected chi connectivity index (χ1v) is 30.4. The number of benzene rings is 5. The Kier molecular flexibility index (Phi) is 13.7. The van der Waals surface area contributed by atoms with Crippen LogP contribution >= 0.6 is 0 Å². The minimum Gasteiger partial charge on any atom is 0 e. The van der Waals surface area contributed by atoms with Gasteiger partial charge in [-0.2, -0.15) is 0 Å². The number of pyridine rings is 2. The second kappa shape index (κ2) is 19.6. The van der Waals surface area contributed by atoms with E-state index in [0.717, 1.165) is 65.7 Å². The van der Waals surface area contributed by atoms with Crippen LogP contribution in [0.15, 0.2) is 126 Å². The number of nitrogens with zero attached hydrogens (tertiary/aromatic N) is 4. The van der Waals surface area contributed by atoms with Gasteiger partial charge in [-0.15, -0.1) is 18.2 Å². The summed E-state index contributed by atoms with van der Waals surface area (Å²) >= 11 is -2.25. The van der Waals surface area contributed by atoms with Crippen molar-refractivity contribution >= 4 is 50.8 Å². The van der Waals surface area contributed by atoms with E-state index in [4.69, 9.17) is 17.1 Å². The monoisotopic (exact) mass is 1110 g/mol. The second-order valence-electron chi connectivity index (χ2n) is 20.3. The molecule has 0 aliphatic heterocycles. The average Bonchev–Trinajstić information content (AvgIpc) is 3.86. The van der Waals surface area contributed by atoms with Crippen LogP contribution in [-0.2, 0) is 31.9 Å². The molecule has 7 heteroatoms. The molecular weight excluding hydrogens is 1050 g/mol. The summed E-state index contributed by atoms with van der Waals surface area (Å²) in [6.07, 6.45) is 0.565. The molecule has 0 bridgehead atoms. The third-order valence-electron chi connectivity index (χ3n) is 12.1. The predicted molar refractivity (Wildman–Crippen MR) is 277 cm³/mol. The Morgan fingerprint density at radius 3 is 2.06 bits per heavy atom. The van der Waals surface area contributed by atoms with Crippen LogP contribution in [0.2, 0.25) is 17.3 Å². The fourth-order valence-electron chi connectivity index (χ4n) is 8.63. The molecule has 0 aliphatic rings. The molecule has 4 heterocycles. The summed E-state index contributed by atoms with van der Waals surface area (Å²) in [5.74, 6) is 8.20. The zero-order chi connectivity index (χ0) is 48.2. The molecule has 0 fully saturated rings. The van der Waals surface area contributed by atoms with Crippen LogP contribution in [0, 0.1) is 25.0 Å². The van der Waals surface area contributed by atoms with Crippen LogP contribution in [0.4, 0.5) is 0 Å². The number of hydrogen-bond donors (Lipinski definition) is 0. The van der Waals surface area contributed by atoms with Gasteiger partial charge in [-0.25, -0.2) is 4.98 Å². The first-order chi connectivity index (χ1) is 31.6. The van der Waals surface area contributed by atoms with Gasteiger partial charge in [0.1, 0.15) is 0 Å². The summed E-state index contributed by atoms with van der Waals surface area (Å²) < 4.78 is 27.3. The Balaban J connectivity index is 0.000000220. The van der Waals surface area contributed by atoms with Crippen LogP contribution in [0.1, 0.15) is 105 Å². The predicted octanol–water partition coefficient (Wildman–Crippen LogP) is 15.6. The van der Waals surface area contributed by atoms with Gasteiger partial charge in [0.25, 0.3) is 0 Å². The molecule has 0 saturated carbocycles. The van der Waals surface area contributed by atoms with Gasteiger partial charge in [-0.05, 0) is 77.4 Å². The number of furan rings is 1. The number of fused-ring (bicyclic) bond motifs is 4. The van der Waals surface area contributed by atoms with Gasteiger partial charge in [0.05, 0.1) is 22.4 Å². The molecule has 0 unspecified atom stereocenters. The Morgan fingerprint density at radius 2 is 1.41 bits per heavy atom. The standard InChI is InChI=1S/C37H32N3O.C22H32GeN.Ir/c1-22(2)30-20-26(25-12-7-6-8-13-25)21-31(23(3)4)34(30)40-33-17-10-9-16-32(33)39-36(40)29-15-11-14-27-28-19-18-24(5)38-37(28)41-35(27)29;1-16(2)12-18-14-21(24-15-20(18)23(6,7)8)17-10-9-11-19(13-17)22(3,4)5;/h6-14,16-23H,1-5H3;9,11,13-16H,12H2,1-8H3;/q2*-1;/i;12D2;. The van der Waals surface area contributed by atoms with Crippen LogP contribution < -0.4 is 4.40 Å². The fraction of sp³-hybridized carbons (Fsp3) is 0.305. The van der Waals surface area contributed by atoms with Crippen molar-refractivity contribution in [3.8, 4) is 39.5 Å². The summed E-state index contributed by atoms with van der Waals surface area (Å²) in [4.78, 5) is 14.6. The average molecular weight is 1110 g/mol. The van der Waals surface area contributed by atoms with Crippen molar-refractivity contribution in [2.24, 2.45) is 5.92 Å². The smallest absolute Gasteiger partial charge is 0 e. The quantitative estimate of drug-likeness (QED) is 0.107. The van der Waals surface area contributed by atoms with E-state index < -0.39 is 19.6 Å². The van der Waals surface area contributed by atoms with E-state index in [2.05, 4.69) is 172 Å². The van der Waals surface area contributed by atoms with Gasteiger partial charge in [0, 0.05) is 36.9 Å². The Bertz CT molecular complexity index is 3220. The summed E-state index contributed by atoms with van der Waals surface area (Å²) in [6, 6.07) is 46.9. The van der Waals surface area contributed by atoms with E-state index in [0.29, 0.717) is 17.5 Å². The third kappa shape index (κ3) is 10.1. The van der Waals surface area contributed by atoms with E-state index in [1.54, 1.807) is 0 Å². The normalized spacial score (nSPS) is 12.7. The number of imidazole rings is 1. The van der Waals surface area contributed by atoms with Crippen LogP contribution in [0.3, 0.4) is 0 Å². The molecule has 0 spiro atoms. The van der Waals surface area contributed by atoms with Gasteiger partial charge in [0.2, 0.25) is 5.71 Å². The van der Waals surface area contributed by atoms with E-state index in [1.807, 2.05) is 57.3 Å². The van der Waals surface area contributed by atoms with Gasteiger partial charge in [-0.3, -0.25) is 4.98 Å². The van der Waals surface area contributed by atoms with Crippen LogP contribution in [-0.4, -0.2) is 32.8 Å². The van der Waals surface area contributed by atoms with Crippen LogP contribution in [0.25, 0.3) is 72.6 Å². The second-order valence-corrected chi connectivity index (χ2v) is 30.9. The zero-order valence-electron chi connectivity index (χ0n) is 42.8. The van der Waals surface area contributed by atoms with Crippen molar-refractivity contribution < 1.29 is 27.3 Å². The molecule has 5 nitrogen and oxygen atoms in total. The maximum absolute atomic E-state index is 8.70. The molecule has 341 valence electrons. The Morgan fingerprint density at radius 1 is 0.742 bits per heavy atom. The number of hydrogen-bond acceptors (Lipinski definition) is 4. The number of para-hydroxylation sites is 2. The minimum atomic E-state index is -2.25. The Labute approximate surface area is 412 Å². The van der Waals surface area contributed by atoms with Crippen molar-refractivity contribution in [3.05, 3.63) is 162 Å². The Hall–Kier alpha value is -5.14. The first kappa shape index (κ1) is 46.0. The minimum absolute atomic E-state index is 0. The third-order valence-corrected chi connectivity index (χ3v) is 16.3. The molecule has 0 saturated heterocycles. The van der Waals surface area contributed by atoms with Crippen molar-refractivity contribution in [1.82, 2.24) is 19.5 Å². The van der Waals surface area contributed by atoms with E-state index >= 15 is 0 Å². The maximum atomic E-state index is 8.70. The number of rotatable bonds is 9. The summed E-state index contributed by atoms with van der Waals surface area (Å²) in [5, 5.41) is 2.02. The van der Waals surface area contributed by atoms with Gasteiger partial charge in [0.15, 0.2) is 0 Å². The fourth-order valence-corrected chi connectivity index (χ4v) is 11.6. The van der Waals surface area contributed by atoms with Crippen molar-refractivity contribution in [2.75, 3.05) is 0 Å². The first-order valence-electron chi connectivity index (χ1n) is 24.1. The summed E-state index contributed by atoms with van der Waals surface area (Å²) in [7, 11) is 0. The number of aryl methyl sites for hydroxylation is 1. The molecule has 9 aromatic rings. The van der Waals surface area contributed by atoms with E-state index in [9.17, 15) is 0 Å². The number of aromatic nitrogens is 4.